The van der Waals surface area contributed by atoms with E-state index in [4.69, 9.17) is 9.47 Å². The normalized spacial score (nSPS) is 14.4. The van der Waals surface area contributed by atoms with Crippen molar-refractivity contribution >= 4 is 58.3 Å². The number of methoxy groups -OCH3 is 2. The van der Waals surface area contributed by atoms with Crippen LogP contribution in [-0.2, 0) is 44.9 Å². The van der Waals surface area contributed by atoms with Crippen molar-refractivity contribution in [3.63, 3.8) is 0 Å². The second-order valence-electron chi connectivity index (χ2n) is 13.1. The number of esters is 2. The fraction of sp³-hybridized carbons (Fsp3) is 0.268. The molecule has 0 bridgehead atoms. The average molecular weight is 669 g/mol. The van der Waals surface area contributed by atoms with Crippen molar-refractivity contribution < 1.29 is 19.1 Å². The van der Waals surface area contributed by atoms with Crippen LogP contribution in [0.15, 0.2) is 102 Å². The van der Waals surface area contributed by atoms with E-state index in [2.05, 4.69) is 115 Å². The van der Waals surface area contributed by atoms with Crippen LogP contribution in [0, 0.1) is 19.3 Å². The minimum absolute atomic E-state index is 0.187. The Morgan fingerprint density at radius 2 is 1.45 bits per heavy atom. The van der Waals surface area contributed by atoms with Gasteiger partial charge in [-0.15, -0.1) is 11.8 Å². The lowest BCUT2D eigenvalue weighted by Crippen LogP contribution is -2.58. The van der Waals surface area contributed by atoms with Crippen molar-refractivity contribution in [3.05, 3.63) is 130 Å². The maximum atomic E-state index is 13.4. The number of carbonyl (C=O) groups is 2. The van der Waals surface area contributed by atoms with Gasteiger partial charge in [-0.3, -0.25) is 9.59 Å². The van der Waals surface area contributed by atoms with Crippen LogP contribution in [0.3, 0.4) is 0 Å². The summed E-state index contributed by atoms with van der Waals surface area (Å²) < 4.78 is 10.5. The predicted octanol–water partition coefficient (Wildman–Crippen LogP) is 7.44. The van der Waals surface area contributed by atoms with E-state index in [1.807, 2.05) is 17.8 Å². The van der Waals surface area contributed by atoms with E-state index < -0.39 is 17.4 Å². The Bertz CT molecular complexity index is 2010. The molecule has 7 rings (SSSR count). The van der Waals surface area contributed by atoms with Gasteiger partial charge in [-0.2, -0.15) is 0 Å². The quantitative estimate of drug-likeness (QED) is 0.0546. The Morgan fingerprint density at radius 1 is 0.816 bits per heavy atom. The van der Waals surface area contributed by atoms with Crippen LogP contribution in [-0.4, -0.2) is 38.9 Å². The minimum Gasteiger partial charge on any atom is -0.468 e. The molecular weight excluding hydrogens is 627 g/mol. The molecule has 2 aliphatic rings. The Kier molecular flexibility index (Phi) is 9.16. The number of fused-ring (bicyclic) bond motifs is 1. The molecule has 1 aliphatic carbocycles. The van der Waals surface area contributed by atoms with E-state index in [0.717, 1.165) is 46.5 Å². The number of anilines is 2. The van der Waals surface area contributed by atoms with Crippen LogP contribution in [0.2, 0.25) is 0 Å². The molecular formula is C41H41BN2O4S. The second kappa shape index (κ2) is 13.7. The maximum absolute atomic E-state index is 13.4. The van der Waals surface area contributed by atoms with Crippen LogP contribution in [0.5, 0.6) is 0 Å². The topological polar surface area (TPSA) is 67.9 Å². The smallest absolute Gasteiger partial charge is 0.409 e. The molecule has 1 N–H and O–H groups in total. The van der Waals surface area contributed by atoms with Gasteiger partial charge in [-0.05, 0) is 101 Å². The molecule has 49 heavy (non-hydrogen) atoms. The zero-order valence-electron chi connectivity index (χ0n) is 28.5. The van der Waals surface area contributed by atoms with Gasteiger partial charge >= 0.3 is 18.9 Å². The number of benzene rings is 5. The van der Waals surface area contributed by atoms with Gasteiger partial charge in [0.2, 0.25) is 0 Å². The first-order valence-electron chi connectivity index (χ1n) is 16.9. The van der Waals surface area contributed by atoms with Crippen molar-refractivity contribution in [1.29, 1.82) is 0 Å². The summed E-state index contributed by atoms with van der Waals surface area (Å²) in [6.07, 6.45) is 2.36. The van der Waals surface area contributed by atoms with Gasteiger partial charge in [0.1, 0.15) is 0 Å². The van der Waals surface area contributed by atoms with Crippen molar-refractivity contribution in [1.82, 2.24) is 0 Å². The predicted molar refractivity (Wildman–Crippen MR) is 201 cm³/mol. The Hall–Kier alpha value is -4.69. The molecule has 1 aliphatic heterocycles. The number of hydrogen-bond acceptors (Lipinski definition) is 7. The number of hydrogen-bond donors (Lipinski definition) is 1. The fourth-order valence-electron chi connectivity index (χ4n) is 8.01. The maximum Gasteiger partial charge on any atom is 0.409 e. The second-order valence-corrected chi connectivity index (χ2v) is 14.3. The zero-order valence-corrected chi connectivity index (χ0v) is 29.4. The Labute approximate surface area is 293 Å². The molecule has 0 unspecified atom stereocenters. The fourth-order valence-corrected chi connectivity index (χ4v) is 8.88. The van der Waals surface area contributed by atoms with Gasteiger partial charge < -0.3 is 19.5 Å². The Balaban J connectivity index is 1.38. The molecule has 8 heteroatoms. The molecule has 0 atom stereocenters. The molecule has 1 heterocycles. The summed E-state index contributed by atoms with van der Waals surface area (Å²) in [7, 11) is 2.70. The molecule has 0 saturated carbocycles. The molecule has 0 amide bonds. The van der Waals surface area contributed by atoms with Crippen molar-refractivity contribution in [2.24, 2.45) is 5.41 Å². The third kappa shape index (κ3) is 5.86. The van der Waals surface area contributed by atoms with Crippen LogP contribution < -0.4 is 15.5 Å². The first kappa shape index (κ1) is 32.8. The van der Waals surface area contributed by atoms with Gasteiger partial charge in [0.25, 0.3) is 0 Å². The number of thioether (sulfide) groups is 1. The number of nitrogens with zero attached hydrogens (tertiary/aromatic N) is 1. The van der Waals surface area contributed by atoms with Crippen LogP contribution in [0.25, 0.3) is 10.8 Å². The van der Waals surface area contributed by atoms with E-state index in [-0.39, 0.29) is 19.8 Å². The molecule has 0 radical (unpaired) electrons. The van der Waals surface area contributed by atoms with Crippen LogP contribution >= 0.6 is 11.8 Å². The van der Waals surface area contributed by atoms with Crippen LogP contribution in [0.1, 0.15) is 39.8 Å². The summed E-state index contributed by atoms with van der Waals surface area (Å²) in [5.74, 6) is -0.112. The highest BCUT2D eigenvalue weighted by atomic mass is 32.2. The van der Waals surface area contributed by atoms with E-state index in [0.29, 0.717) is 6.54 Å². The van der Waals surface area contributed by atoms with E-state index >= 15 is 0 Å². The molecule has 0 saturated heterocycles. The first-order valence-corrected chi connectivity index (χ1v) is 17.9. The number of rotatable bonds is 10. The van der Waals surface area contributed by atoms with Crippen molar-refractivity contribution in [3.8, 4) is 0 Å². The van der Waals surface area contributed by atoms with E-state index in [1.54, 1.807) is 0 Å². The summed E-state index contributed by atoms with van der Waals surface area (Å²) in [5.41, 5.74) is 8.97. The third-order valence-corrected chi connectivity index (χ3v) is 11.5. The first-order chi connectivity index (χ1) is 23.9. The number of ether oxygens (including phenoxy) is 2. The summed E-state index contributed by atoms with van der Waals surface area (Å²) in [6.45, 7) is 4.86. The highest BCUT2D eigenvalue weighted by Crippen LogP contribution is 2.44. The Morgan fingerprint density at radius 3 is 2.12 bits per heavy atom. The molecule has 6 nitrogen and oxygen atoms in total. The largest absolute Gasteiger partial charge is 0.468 e. The van der Waals surface area contributed by atoms with Crippen molar-refractivity contribution in [2.75, 3.05) is 30.0 Å². The molecule has 248 valence electrons. The lowest BCUT2D eigenvalue weighted by Gasteiger charge is -2.40. The van der Waals surface area contributed by atoms with Gasteiger partial charge in [-0.1, -0.05) is 72.8 Å². The highest BCUT2D eigenvalue weighted by Gasteiger charge is 2.54. The molecule has 5 aromatic carbocycles. The summed E-state index contributed by atoms with van der Waals surface area (Å²) in [5, 5.41) is 6.40. The van der Waals surface area contributed by atoms with Gasteiger partial charge in [0.15, 0.2) is 5.41 Å². The SMILES string of the molecule is COC(=O)C1(C(=O)OC)Cc2c(C)c(CCCSc3ccccc3)c(B3Nc4cccc5cccc(c45)N3Cc3ccccc3)c(C)c2C1. The molecule has 0 fully saturated rings. The number of nitrogens with one attached hydrogen (secondary N) is 1. The monoisotopic (exact) mass is 668 g/mol. The van der Waals surface area contributed by atoms with E-state index in [1.165, 1.54) is 52.2 Å². The van der Waals surface area contributed by atoms with Gasteiger partial charge in [-0.25, -0.2) is 0 Å². The number of carbonyl (C=O) groups excluding carboxylic acids is 2. The van der Waals surface area contributed by atoms with Gasteiger partial charge in [0.05, 0.1) is 14.2 Å². The third-order valence-electron chi connectivity index (χ3n) is 10.4. The lowest BCUT2D eigenvalue weighted by molar-refractivity contribution is -0.168. The summed E-state index contributed by atoms with van der Waals surface area (Å²) in [4.78, 5) is 30.5. The molecule has 0 spiro atoms. The van der Waals surface area contributed by atoms with E-state index in [9.17, 15) is 9.59 Å². The molecule has 5 aromatic rings. The van der Waals surface area contributed by atoms with Gasteiger partial charge in [0, 0.05) is 41.0 Å². The summed E-state index contributed by atoms with van der Waals surface area (Å²) in [6, 6.07) is 34.1. The summed E-state index contributed by atoms with van der Waals surface area (Å²) >= 11 is 1.87. The van der Waals surface area contributed by atoms with Crippen LogP contribution in [0.4, 0.5) is 11.4 Å². The average Bonchev–Trinajstić information content (AvgIpc) is 3.56. The molecule has 0 aromatic heterocycles. The van der Waals surface area contributed by atoms with Crippen molar-refractivity contribution in [2.45, 2.75) is 51.0 Å². The minimum atomic E-state index is -1.40. The highest BCUT2D eigenvalue weighted by molar-refractivity contribution is 7.99. The standard InChI is InChI=1S/C41H41BN2O4S/c1-27-32(20-13-23-49-31-18-9-6-10-19-31)38(28(2)34-25-41(24-33(27)34,39(45)47-3)40(46)48-4)42-43-35-21-11-16-30-17-12-22-36(37(30)35)44(42)26-29-14-7-5-8-15-29/h5-12,14-19,21-22,43H,13,20,23-26H2,1-4H3. The lowest BCUT2D eigenvalue weighted by atomic mass is 9.58. The zero-order chi connectivity index (χ0) is 34.1.